The van der Waals surface area contributed by atoms with Crippen LogP contribution in [-0.4, -0.2) is 42.3 Å². The molecule has 0 aromatic carbocycles. The third-order valence-electron chi connectivity index (χ3n) is 5.21. The first-order chi connectivity index (χ1) is 13.2. The van der Waals surface area contributed by atoms with E-state index in [1.54, 1.807) is 18.0 Å². The van der Waals surface area contributed by atoms with Crippen LogP contribution in [0.25, 0.3) is 0 Å². The molecule has 1 amide bonds. The molecule has 0 spiro atoms. The van der Waals surface area contributed by atoms with Crippen molar-refractivity contribution in [1.29, 1.82) is 0 Å². The van der Waals surface area contributed by atoms with Crippen LogP contribution in [0, 0.1) is 6.92 Å². The minimum atomic E-state index is -0.244. The van der Waals surface area contributed by atoms with E-state index in [0.717, 1.165) is 18.5 Å². The molecule has 152 valence electrons. The summed E-state index contributed by atoms with van der Waals surface area (Å²) in [7, 11) is 0. The number of nitrogens with zero attached hydrogens (tertiary/aromatic N) is 4. The SMILES string of the molecule is CCN(Cc1c(CO)cnc(C)c1O)C(=O)c1cc(C2CC2)n(C(C)(C)C)n1. The van der Waals surface area contributed by atoms with Crippen LogP contribution in [0.15, 0.2) is 12.3 Å². The Morgan fingerprint density at radius 1 is 1.36 bits per heavy atom. The number of hydrogen-bond acceptors (Lipinski definition) is 5. The van der Waals surface area contributed by atoms with E-state index in [-0.39, 0.29) is 30.3 Å². The van der Waals surface area contributed by atoms with Crippen molar-refractivity contribution in [2.24, 2.45) is 0 Å². The second-order valence-corrected chi connectivity index (χ2v) is 8.48. The zero-order chi connectivity index (χ0) is 20.6. The molecule has 2 N–H and O–H groups in total. The quantitative estimate of drug-likeness (QED) is 0.796. The van der Waals surface area contributed by atoms with E-state index in [4.69, 9.17) is 0 Å². The standard InChI is InChI=1S/C21H30N4O3/c1-6-24(11-16-15(12-26)10-22-13(2)19(16)27)20(28)17-9-18(14-7-8-14)25(23-17)21(3,4)5/h9-10,14,26-27H,6-8,11-12H2,1-5H3. The lowest BCUT2D eigenvalue weighted by atomic mass is 10.1. The molecule has 0 saturated heterocycles. The van der Waals surface area contributed by atoms with Crippen LogP contribution < -0.4 is 0 Å². The van der Waals surface area contributed by atoms with Crippen LogP contribution in [0.4, 0.5) is 0 Å². The van der Waals surface area contributed by atoms with Crippen LogP contribution in [0.5, 0.6) is 5.75 Å². The van der Waals surface area contributed by atoms with Gasteiger partial charge in [0.15, 0.2) is 5.69 Å². The van der Waals surface area contributed by atoms with Gasteiger partial charge in [-0.25, -0.2) is 0 Å². The van der Waals surface area contributed by atoms with Gasteiger partial charge >= 0.3 is 0 Å². The summed E-state index contributed by atoms with van der Waals surface area (Å²) in [4.78, 5) is 18.9. The molecule has 3 rings (SSSR count). The Bertz CT molecular complexity index is 879. The largest absolute Gasteiger partial charge is 0.506 e. The van der Waals surface area contributed by atoms with Crippen LogP contribution in [0.1, 0.15) is 79.5 Å². The molecule has 0 bridgehead atoms. The highest BCUT2D eigenvalue weighted by Gasteiger charge is 2.33. The predicted octanol–water partition coefficient (Wildman–Crippen LogP) is 3.08. The van der Waals surface area contributed by atoms with Crippen molar-refractivity contribution < 1.29 is 15.0 Å². The lowest BCUT2D eigenvalue weighted by Gasteiger charge is -2.23. The summed E-state index contributed by atoms with van der Waals surface area (Å²) in [6.45, 7) is 10.3. The van der Waals surface area contributed by atoms with Crippen molar-refractivity contribution in [2.75, 3.05) is 6.54 Å². The Kier molecular flexibility index (Phi) is 5.48. The van der Waals surface area contributed by atoms with Crippen molar-refractivity contribution in [1.82, 2.24) is 19.7 Å². The molecular weight excluding hydrogens is 356 g/mol. The number of carbonyl (C=O) groups is 1. The predicted molar refractivity (Wildman–Crippen MR) is 106 cm³/mol. The van der Waals surface area contributed by atoms with Gasteiger partial charge in [-0.3, -0.25) is 14.5 Å². The topological polar surface area (TPSA) is 91.5 Å². The van der Waals surface area contributed by atoms with Gasteiger partial charge < -0.3 is 15.1 Å². The number of rotatable bonds is 6. The third kappa shape index (κ3) is 3.90. The molecule has 1 fully saturated rings. The maximum Gasteiger partial charge on any atom is 0.274 e. The van der Waals surface area contributed by atoms with E-state index in [0.29, 0.717) is 35.0 Å². The van der Waals surface area contributed by atoms with E-state index in [2.05, 4.69) is 30.9 Å². The molecule has 2 aromatic heterocycles. The Labute approximate surface area is 166 Å². The highest BCUT2D eigenvalue weighted by Crippen LogP contribution is 2.42. The van der Waals surface area contributed by atoms with Gasteiger partial charge in [0.1, 0.15) is 5.75 Å². The Morgan fingerprint density at radius 2 is 2.04 bits per heavy atom. The molecule has 1 aliphatic carbocycles. The van der Waals surface area contributed by atoms with Gasteiger partial charge in [-0.1, -0.05) is 0 Å². The summed E-state index contributed by atoms with van der Waals surface area (Å²) in [6.07, 6.45) is 3.82. The van der Waals surface area contributed by atoms with Crippen molar-refractivity contribution in [3.8, 4) is 5.75 Å². The highest BCUT2D eigenvalue weighted by molar-refractivity contribution is 5.92. The van der Waals surface area contributed by atoms with Crippen molar-refractivity contribution >= 4 is 5.91 Å². The van der Waals surface area contributed by atoms with E-state index < -0.39 is 0 Å². The summed E-state index contributed by atoms with van der Waals surface area (Å²) in [5, 5.41) is 24.6. The zero-order valence-corrected chi connectivity index (χ0v) is 17.4. The number of aromatic hydroxyl groups is 1. The molecular formula is C21H30N4O3. The Hall–Kier alpha value is -2.41. The third-order valence-corrected chi connectivity index (χ3v) is 5.21. The molecule has 0 radical (unpaired) electrons. The average Bonchev–Trinajstić information content (AvgIpc) is 3.39. The van der Waals surface area contributed by atoms with Crippen LogP contribution in [0.3, 0.4) is 0 Å². The first-order valence-corrected chi connectivity index (χ1v) is 9.84. The molecule has 1 aliphatic rings. The fourth-order valence-electron chi connectivity index (χ4n) is 3.38. The number of aliphatic hydroxyl groups excluding tert-OH is 1. The van der Waals surface area contributed by atoms with Crippen molar-refractivity contribution in [3.05, 3.63) is 40.5 Å². The van der Waals surface area contributed by atoms with Crippen molar-refractivity contribution in [3.63, 3.8) is 0 Å². The first kappa shape index (κ1) is 20.3. The highest BCUT2D eigenvalue weighted by atomic mass is 16.3. The summed E-state index contributed by atoms with van der Waals surface area (Å²) >= 11 is 0. The molecule has 0 aliphatic heterocycles. The summed E-state index contributed by atoms with van der Waals surface area (Å²) in [5.74, 6) is 0.332. The molecule has 1 saturated carbocycles. The molecule has 2 heterocycles. The number of amides is 1. The van der Waals surface area contributed by atoms with Crippen molar-refractivity contribution in [2.45, 2.75) is 72.1 Å². The molecule has 2 aromatic rings. The van der Waals surface area contributed by atoms with Gasteiger partial charge in [0.25, 0.3) is 5.91 Å². The fourth-order valence-corrected chi connectivity index (χ4v) is 3.38. The van der Waals surface area contributed by atoms with E-state index in [1.807, 2.05) is 17.7 Å². The summed E-state index contributed by atoms with van der Waals surface area (Å²) in [5.41, 5.74) is 2.87. The van der Waals surface area contributed by atoms with Gasteiger partial charge in [0, 0.05) is 35.5 Å². The van der Waals surface area contributed by atoms with E-state index in [1.165, 1.54) is 0 Å². The van der Waals surface area contributed by atoms with Gasteiger partial charge in [0.2, 0.25) is 0 Å². The second kappa shape index (κ2) is 7.54. The lowest BCUT2D eigenvalue weighted by Crippen LogP contribution is -2.32. The fraction of sp³-hybridized carbons (Fsp3) is 0.571. The normalized spacial score (nSPS) is 14.4. The number of carbonyl (C=O) groups excluding carboxylic acids is 1. The Balaban J connectivity index is 1.92. The van der Waals surface area contributed by atoms with Crippen LogP contribution >= 0.6 is 0 Å². The second-order valence-electron chi connectivity index (χ2n) is 8.48. The van der Waals surface area contributed by atoms with Gasteiger partial charge in [-0.15, -0.1) is 0 Å². The van der Waals surface area contributed by atoms with E-state index in [9.17, 15) is 15.0 Å². The zero-order valence-electron chi connectivity index (χ0n) is 17.4. The summed E-state index contributed by atoms with van der Waals surface area (Å²) in [6, 6.07) is 1.92. The lowest BCUT2D eigenvalue weighted by molar-refractivity contribution is 0.0742. The molecule has 7 heteroatoms. The number of aromatic nitrogens is 3. The van der Waals surface area contributed by atoms with Gasteiger partial charge in [0.05, 0.1) is 24.4 Å². The smallest absolute Gasteiger partial charge is 0.274 e. The van der Waals surface area contributed by atoms with Crippen LogP contribution in [-0.2, 0) is 18.7 Å². The minimum Gasteiger partial charge on any atom is -0.506 e. The molecule has 0 unspecified atom stereocenters. The number of pyridine rings is 1. The maximum absolute atomic E-state index is 13.2. The van der Waals surface area contributed by atoms with Gasteiger partial charge in [-0.2, -0.15) is 5.10 Å². The van der Waals surface area contributed by atoms with Gasteiger partial charge in [-0.05, 0) is 53.5 Å². The maximum atomic E-state index is 13.2. The number of hydrogen-bond donors (Lipinski definition) is 2. The van der Waals surface area contributed by atoms with E-state index >= 15 is 0 Å². The number of aryl methyl sites for hydroxylation is 1. The van der Waals surface area contributed by atoms with Crippen LogP contribution in [0.2, 0.25) is 0 Å². The minimum absolute atomic E-state index is 0.0247. The number of aliphatic hydroxyl groups is 1. The molecule has 28 heavy (non-hydrogen) atoms. The molecule has 7 nitrogen and oxygen atoms in total. The summed E-state index contributed by atoms with van der Waals surface area (Å²) < 4.78 is 1.97. The Morgan fingerprint density at radius 3 is 2.57 bits per heavy atom. The average molecular weight is 386 g/mol. The first-order valence-electron chi connectivity index (χ1n) is 9.84. The monoisotopic (exact) mass is 386 g/mol. The molecule has 0 atom stereocenters.